The van der Waals surface area contributed by atoms with E-state index in [1.807, 2.05) is 18.0 Å². The number of piperidine rings is 1. The van der Waals surface area contributed by atoms with Gasteiger partial charge < -0.3 is 10.6 Å². The highest BCUT2D eigenvalue weighted by atomic mass is 16.2. The second-order valence-corrected chi connectivity index (χ2v) is 7.28. The zero-order valence-corrected chi connectivity index (χ0v) is 13.9. The number of nitrogens with two attached hydrogens (primary N) is 1. The normalized spacial score (nSPS) is 18.9. The standard InChI is InChI=1S/C16H28N4O/c1-11(17)12-6-8-20(9-7-12)15(21)13-10-14(16(2,3)4)18-19(13)5/h10-12H,6-9,17H2,1-5H3. The van der Waals surface area contributed by atoms with Crippen LogP contribution in [0.3, 0.4) is 0 Å². The molecule has 0 aromatic carbocycles. The Hall–Kier alpha value is -1.36. The van der Waals surface area contributed by atoms with Gasteiger partial charge in [0.15, 0.2) is 0 Å². The third-order valence-corrected chi connectivity index (χ3v) is 4.44. The van der Waals surface area contributed by atoms with Crippen molar-refractivity contribution in [2.75, 3.05) is 13.1 Å². The lowest BCUT2D eigenvalue weighted by Gasteiger charge is -2.33. The zero-order chi connectivity index (χ0) is 15.8. The number of likely N-dealkylation sites (tertiary alicyclic amines) is 1. The maximum Gasteiger partial charge on any atom is 0.272 e. The molecule has 5 nitrogen and oxygen atoms in total. The van der Waals surface area contributed by atoms with Gasteiger partial charge in [-0.1, -0.05) is 20.8 Å². The summed E-state index contributed by atoms with van der Waals surface area (Å²) in [4.78, 5) is 14.6. The summed E-state index contributed by atoms with van der Waals surface area (Å²) < 4.78 is 1.71. The van der Waals surface area contributed by atoms with Gasteiger partial charge >= 0.3 is 0 Å². The molecule has 21 heavy (non-hydrogen) atoms. The number of hydrogen-bond acceptors (Lipinski definition) is 3. The van der Waals surface area contributed by atoms with Gasteiger partial charge in [0.25, 0.3) is 5.91 Å². The molecule has 5 heteroatoms. The molecule has 0 aliphatic carbocycles. The van der Waals surface area contributed by atoms with E-state index in [9.17, 15) is 4.79 Å². The highest BCUT2D eigenvalue weighted by Gasteiger charge is 2.28. The van der Waals surface area contributed by atoms with Crippen LogP contribution in [0.15, 0.2) is 6.07 Å². The first-order chi connectivity index (χ1) is 9.70. The predicted molar refractivity (Wildman–Crippen MR) is 84.2 cm³/mol. The van der Waals surface area contributed by atoms with E-state index in [4.69, 9.17) is 5.73 Å². The molecule has 0 radical (unpaired) electrons. The Morgan fingerprint density at radius 2 is 1.95 bits per heavy atom. The Morgan fingerprint density at radius 3 is 2.38 bits per heavy atom. The Balaban J connectivity index is 2.10. The fraction of sp³-hybridized carbons (Fsp3) is 0.750. The van der Waals surface area contributed by atoms with E-state index in [2.05, 4.69) is 32.8 Å². The van der Waals surface area contributed by atoms with Gasteiger partial charge in [-0.05, 0) is 31.7 Å². The molecule has 1 amide bonds. The zero-order valence-electron chi connectivity index (χ0n) is 13.9. The fourth-order valence-electron chi connectivity index (χ4n) is 2.82. The molecular formula is C16H28N4O. The maximum atomic E-state index is 12.7. The average molecular weight is 292 g/mol. The summed E-state index contributed by atoms with van der Waals surface area (Å²) >= 11 is 0. The number of amides is 1. The summed E-state index contributed by atoms with van der Waals surface area (Å²) in [5.41, 5.74) is 7.55. The maximum absolute atomic E-state index is 12.7. The van der Waals surface area contributed by atoms with E-state index in [0.717, 1.165) is 31.6 Å². The third kappa shape index (κ3) is 3.46. The van der Waals surface area contributed by atoms with Gasteiger partial charge in [0.1, 0.15) is 5.69 Å². The molecule has 1 aliphatic heterocycles. The first kappa shape index (κ1) is 16.0. The molecule has 1 aromatic heterocycles. The van der Waals surface area contributed by atoms with Gasteiger partial charge in [0, 0.05) is 31.6 Å². The molecule has 2 rings (SSSR count). The third-order valence-electron chi connectivity index (χ3n) is 4.44. The summed E-state index contributed by atoms with van der Waals surface area (Å²) in [6, 6.07) is 2.14. The van der Waals surface area contributed by atoms with Crippen LogP contribution in [-0.2, 0) is 12.5 Å². The molecule has 1 unspecified atom stereocenters. The summed E-state index contributed by atoms with van der Waals surface area (Å²) in [6.07, 6.45) is 1.99. The van der Waals surface area contributed by atoms with Crippen LogP contribution in [0.4, 0.5) is 0 Å². The largest absolute Gasteiger partial charge is 0.337 e. The van der Waals surface area contributed by atoms with Crippen LogP contribution >= 0.6 is 0 Å². The molecule has 118 valence electrons. The monoisotopic (exact) mass is 292 g/mol. The van der Waals surface area contributed by atoms with E-state index in [1.165, 1.54) is 0 Å². The minimum absolute atomic E-state index is 0.0434. The lowest BCUT2D eigenvalue weighted by molar-refractivity contribution is 0.0670. The lowest BCUT2D eigenvalue weighted by Crippen LogP contribution is -2.43. The molecule has 1 fully saturated rings. The summed E-state index contributed by atoms with van der Waals surface area (Å²) in [6.45, 7) is 9.97. The van der Waals surface area contributed by atoms with Crippen molar-refractivity contribution in [2.24, 2.45) is 18.7 Å². The fourth-order valence-corrected chi connectivity index (χ4v) is 2.82. The number of aromatic nitrogens is 2. The van der Waals surface area contributed by atoms with Crippen molar-refractivity contribution in [1.82, 2.24) is 14.7 Å². The molecule has 1 aromatic rings. The summed E-state index contributed by atoms with van der Waals surface area (Å²) in [7, 11) is 1.84. The number of nitrogens with zero attached hydrogens (tertiary/aromatic N) is 3. The molecule has 0 bridgehead atoms. The van der Waals surface area contributed by atoms with E-state index in [1.54, 1.807) is 4.68 Å². The van der Waals surface area contributed by atoms with Gasteiger partial charge in [0.05, 0.1) is 5.69 Å². The number of hydrogen-bond donors (Lipinski definition) is 1. The van der Waals surface area contributed by atoms with Crippen LogP contribution < -0.4 is 5.73 Å². The number of carbonyl (C=O) groups is 1. The van der Waals surface area contributed by atoms with Crippen LogP contribution in [0.2, 0.25) is 0 Å². The summed E-state index contributed by atoms with van der Waals surface area (Å²) in [5, 5.41) is 4.49. The van der Waals surface area contributed by atoms with Gasteiger partial charge in [-0.15, -0.1) is 0 Å². The Bertz CT molecular complexity index is 505. The number of rotatable bonds is 2. The second-order valence-electron chi connectivity index (χ2n) is 7.28. The Morgan fingerprint density at radius 1 is 1.38 bits per heavy atom. The van der Waals surface area contributed by atoms with Gasteiger partial charge in [-0.3, -0.25) is 9.48 Å². The molecule has 0 saturated carbocycles. The topological polar surface area (TPSA) is 64.2 Å². The van der Waals surface area contributed by atoms with Crippen LogP contribution in [0.25, 0.3) is 0 Å². The highest BCUT2D eigenvalue weighted by molar-refractivity contribution is 5.92. The average Bonchev–Trinajstić information content (AvgIpc) is 2.80. The van der Waals surface area contributed by atoms with Crippen molar-refractivity contribution in [3.8, 4) is 0 Å². The Kier molecular flexibility index (Phi) is 4.42. The quantitative estimate of drug-likeness (QED) is 0.905. The molecule has 1 saturated heterocycles. The van der Waals surface area contributed by atoms with Crippen molar-refractivity contribution in [3.05, 3.63) is 17.5 Å². The predicted octanol–water partition coefficient (Wildman–Crippen LogP) is 1.92. The van der Waals surface area contributed by atoms with E-state index in [0.29, 0.717) is 11.6 Å². The smallest absolute Gasteiger partial charge is 0.272 e. The van der Waals surface area contributed by atoms with E-state index < -0.39 is 0 Å². The van der Waals surface area contributed by atoms with Crippen molar-refractivity contribution < 1.29 is 4.79 Å². The number of carbonyl (C=O) groups excluding carboxylic acids is 1. The van der Waals surface area contributed by atoms with Gasteiger partial charge in [-0.25, -0.2) is 0 Å². The van der Waals surface area contributed by atoms with E-state index >= 15 is 0 Å². The first-order valence-corrected chi connectivity index (χ1v) is 7.79. The minimum atomic E-state index is -0.0434. The SMILES string of the molecule is CC(N)C1CCN(C(=O)c2cc(C(C)(C)C)nn2C)CC1. The Labute approximate surface area is 127 Å². The van der Waals surface area contributed by atoms with Gasteiger partial charge in [-0.2, -0.15) is 5.10 Å². The van der Waals surface area contributed by atoms with Crippen LogP contribution in [-0.4, -0.2) is 39.7 Å². The van der Waals surface area contributed by atoms with Crippen molar-refractivity contribution in [2.45, 2.75) is 52.0 Å². The highest BCUT2D eigenvalue weighted by Crippen LogP contribution is 2.24. The minimum Gasteiger partial charge on any atom is -0.337 e. The molecule has 2 N–H and O–H groups in total. The van der Waals surface area contributed by atoms with Crippen LogP contribution in [0.5, 0.6) is 0 Å². The van der Waals surface area contributed by atoms with Crippen molar-refractivity contribution in [1.29, 1.82) is 0 Å². The van der Waals surface area contributed by atoms with Crippen molar-refractivity contribution in [3.63, 3.8) is 0 Å². The van der Waals surface area contributed by atoms with Crippen LogP contribution in [0, 0.1) is 5.92 Å². The number of aryl methyl sites for hydroxylation is 1. The molecular weight excluding hydrogens is 264 g/mol. The molecule has 1 atom stereocenters. The first-order valence-electron chi connectivity index (χ1n) is 7.79. The molecule has 1 aliphatic rings. The molecule has 0 spiro atoms. The van der Waals surface area contributed by atoms with Crippen LogP contribution in [0.1, 0.15) is 56.7 Å². The second kappa shape index (κ2) is 5.79. The molecule has 2 heterocycles. The lowest BCUT2D eigenvalue weighted by atomic mass is 9.90. The summed E-state index contributed by atoms with van der Waals surface area (Å²) in [5.74, 6) is 0.620. The van der Waals surface area contributed by atoms with Gasteiger partial charge in [0.2, 0.25) is 0 Å². The van der Waals surface area contributed by atoms with E-state index in [-0.39, 0.29) is 17.4 Å². The van der Waals surface area contributed by atoms with Crippen molar-refractivity contribution >= 4 is 5.91 Å².